The Morgan fingerprint density at radius 2 is 1.79 bits per heavy atom. The summed E-state index contributed by atoms with van der Waals surface area (Å²) >= 11 is 0. The van der Waals surface area contributed by atoms with Gasteiger partial charge in [-0.05, 0) is 73.1 Å². The van der Waals surface area contributed by atoms with E-state index >= 15 is 0 Å². The first-order valence-electron chi connectivity index (χ1n) is 11.5. The van der Waals surface area contributed by atoms with Crippen LogP contribution in [0.3, 0.4) is 0 Å². The molecule has 0 heterocycles. The zero-order valence-electron chi connectivity index (χ0n) is 19.5. The highest BCUT2D eigenvalue weighted by Gasteiger charge is 2.29. The normalized spacial score (nSPS) is 16.4. The molecule has 34 heavy (non-hydrogen) atoms. The number of carbonyl (C=O) groups is 1. The zero-order valence-corrected chi connectivity index (χ0v) is 20.3. The maximum absolute atomic E-state index is 13.4. The van der Waals surface area contributed by atoms with E-state index in [0.717, 1.165) is 30.4 Å². The Bertz CT molecular complexity index is 1260. The lowest BCUT2D eigenvalue weighted by Gasteiger charge is -2.28. The Labute approximate surface area is 201 Å². The molecule has 3 aromatic rings. The fourth-order valence-electron chi connectivity index (χ4n) is 4.49. The maximum Gasteiger partial charge on any atom is 0.241 e. The SMILES string of the molecule is COc1ccc(S(=O)(=O)N[C@H](Cc2ccccc2)C(=O)N[C@@H]2CCCc3ccccc32)cc1C. The minimum atomic E-state index is -3.94. The molecule has 6 nitrogen and oxygen atoms in total. The lowest BCUT2D eigenvalue weighted by atomic mass is 9.87. The minimum absolute atomic E-state index is 0.0969. The molecule has 0 saturated heterocycles. The van der Waals surface area contributed by atoms with Crippen LogP contribution in [0.1, 0.15) is 41.1 Å². The molecule has 0 aliphatic heterocycles. The second kappa shape index (κ2) is 10.4. The van der Waals surface area contributed by atoms with Gasteiger partial charge in [-0.25, -0.2) is 8.42 Å². The van der Waals surface area contributed by atoms with Gasteiger partial charge in [0, 0.05) is 0 Å². The van der Waals surface area contributed by atoms with E-state index in [1.165, 1.54) is 11.6 Å². The summed E-state index contributed by atoms with van der Waals surface area (Å²) in [4.78, 5) is 13.5. The van der Waals surface area contributed by atoms with Gasteiger partial charge in [0.2, 0.25) is 15.9 Å². The monoisotopic (exact) mass is 478 g/mol. The van der Waals surface area contributed by atoms with Crippen molar-refractivity contribution in [2.75, 3.05) is 7.11 Å². The number of methoxy groups -OCH3 is 1. The fraction of sp³-hybridized carbons (Fsp3) is 0.296. The Hall–Kier alpha value is -3.16. The van der Waals surface area contributed by atoms with Gasteiger partial charge in [0.1, 0.15) is 11.8 Å². The number of carbonyl (C=O) groups excluding carboxylic acids is 1. The summed E-state index contributed by atoms with van der Waals surface area (Å²) < 4.78 is 34.4. The molecule has 0 aromatic heterocycles. The number of benzene rings is 3. The van der Waals surface area contributed by atoms with Gasteiger partial charge in [-0.15, -0.1) is 0 Å². The van der Waals surface area contributed by atoms with Crippen molar-refractivity contribution in [3.8, 4) is 5.75 Å². The van der Waals surface area contributed by atoms with E-state index in [-0.39, 0.29) is 23.3 Å². The molecule has 0 saturated carbocycles. The van der Waals surface area contributed by atoms with Gasteiger partial charge < -0.3 is 10.1 Å². The molecular formula is C27H30N2O4S. The molecule has 2 atom stereocenters. The first-order chi connectivity index (χ1) is 16.4. The second-order valence-corrected chi connectivity index (χ2v) is 10.4. The lowest BCUT2D eigenvalue weighted by molar-refractivity contribution is -0.123. The number of ether oxygens (including phenoxy) is 1. The largest absolute Gasteiger partial charge is 0.496 e. The summed E-state index contributed by atoms with van der Waals surface area (Å²) in [7, 11) is -2.40. The number of sulfonamides is 1. The van der Waals surface area contributed by atoms with Crippen LogP contribution in [0.5, 0.6) is 5.75 Å². The van der Waals surface area contributed by atoms with Crippen molar-refractivity contribution in [1.29, 1.82) is 0 Å². The minimum Gasteiger partial charge on any atom is -0.496 e. The third kappa shape index (κ3) is 5.48. The molecule has 0 radical (unpaired) electrons. The van der Waals surface area contributed by atoms with Crippen LogP contribution in [0, 0.1) is 6.92 Å². The van der Waals surface area contributed by atoms with Gasteiger partial charge in [-0.2, -0.15) is 4.72 Å². The van der Waals surface area contributed by atoms with Crippen molar-refractivity contribution in [1.82, 2.24) is 10.0 Å². The number of aryl methyl sites for hydroxylation is 2. The zero-order chi connectivity index (χ0) is 24.1. The van der Waals surface area contributed by atoms with Crippen LogP contribution in [0.25, 0.3) is 0 Å². The van der Waals surface area contributed by atoms with E-state index in [2.05, 4.69) is 16.1 Å². The number of hydrogen-bond acceptors (Lipinski definition) is 4. The first kappa shape index (κ1) is 24.0. The van der Waals surface area contributed by atoms with E-state index in [1.54, 1.807) is 26.2 Å². The van der Waals surface area contributed by atoms with Crippen LogP contribution >= 0.6 is 0 Å². The third-order valence-electron chi connectivity index (χ3n) is 6.26. The van der Waals surface area contributed by atoms with E-state index in [9.17, 15) is 13.2 Å². The van der Waals surface area contributed by atoms with Crippen molar-refractivity contribution in [2.45, 2.75) is 49.6 Å². The molecular weight excluding hydrogens is 448 g/mol. The van der Waals surface area contributed by atoms with Crippen LogP contribution in [-0.2, 0) is 27.7 Å². The number of amides is 1. The molecule has 3 aromatic carbocycles. The maximum atomic E-state index is 13.4. The van der Waals surface area contributed by atoms with Gasteiger partial charge in [0.05, 0.1) is 18.0 Å². The predicted molar refractivity (Wildman–Crippen MR) is 132 cm³/mol. The van der Waals surface area contributed by atoms with Crippen LogP contribution < -0.4 is 14.8 Å². The van der Waals surface area contributed by atoms with Crippen LogP contribution in [0.15, 0.2) is 77.7 Å². The summed E-state index contributed by atoms with van der Waals surface area (Å²) in [5.41, 5.74) is 3.91. The van der Waals surface area contributed by atoms with E-state index in [1.807, 2.05) is 48.5 Å². The van der Waals surface area contributed by atoms with Crippen molar-refractivity contribution in [3.63, 3.8) is 0 Å². The quantitative estimate of drug-likeness (QED) is 0.511. The Balaban J connectivity index is 1.59. The number of nitrogens with one attached hydrogen (secondary N) is 2. The van der Waals surface area contributed by atoms with Gasteiger partial charge in [-0.1, -0.05) is 54.6 Å². The number of hydrogen-bond donors (Lipinski definition) is 2. The van der Waals surface area contributed by atoms with Gasteiger partial charge in [0.25, 0.3) is 0 Å². The van der Waals surface area contributed by atoms with Crippen LogP contribution in [0.2, 0.25) is 0 Å². The highest BCUT2D eigenvalue weighted by atomic mass is 32.2. The average Bonchev–Trinajstić information content (AvgIpc) is 2.84. The molecule has 2 N–H and O–H groups in total. The molecule has 4 rings (SSSR count). The molecule has 178 valence electrons. The molecule has 1 aliphatic carbocycles. The lowest BCUT2D eigenvalue weighted by Crippen LogP contribution is -2.49. The average molecular weight is 479 g/mol. The predicted octanol–water partition coefficient (Wildman–Crippen LogP) is 4.09. The van der Waals surface area contributed by atoms with Crippen LogP contribution in [0.4, 0.5) is 0 Å². The Morgan fingerprint density at radius 3 is 2.53 bits per heavy atom. The second-order valence-electron chi connectivity index (χ2n) is 8.65. The molecule has 7 heteroatoms. The van der Waals surface area contributed by atoms with Crippen molar-refractivity contribution in [2.24, 2.45) is 0 Å². The van der Waals surface area contributed by atoms with Gasteiger partial charge in [-0.3, -0.25) is 4.79 Å². The highest BCUT2D eigenvalue weighted by Crippen LogP contribution is 2.29. The molecule has 0 unspecified atom stereocenters. The van der Waals surface area contributed by atoms with E-state index < -0.39 is 16.1 Å². The van der Waals surface area contributed by atoms with Crippen LogP contribution in [-0.4, -0.2) is 27.5 Å². The fourth-order valence-corrected chi connectivity index (χ4v) is 5.77. The third-order valence-corrected chi connectivity index (χ3v) is 7.73. The molecule has 0 fully saturated rings. The van der Waals surface area contributed by atoms with Gasteiger partial charge >= 0.3 is 0 Å². The highest BCUT2D eigenvalue weighted by molar-refractivity contribution is 7.89. The molecule has 1 aliphatic rings. The number of rotatable bonds is 8. The summed E-state index contributed by atoms with van der Waals surface area (Å²) in [5.74, 6) is 0.271. The summed E-state index contributed by atoms with van der Waals surface area (Å²) in [5, 5.41) is 3.11. The van der Waals surface area contributed by atoms with Gasteiger partial charge in [0.15, 0.2) is 0 Å². The van der Waals surface area contributed by atoms with E-state index in [0.29, 0.717) is 11.3 Å². The molecule has 0 spiro atoms. The van der Waals surface area contributed by atoms with Crippen molar-refractivity contribution < 1.29 is 17.9 Å². The van der Waals surface area contributed by atoms with Crippen molar-refractivity contribution in [3.05, 3.63) is 95.1 Å². The first-order valence-corrected chi connectivity index (χ1v) is 12.9. The topological polar surface area (TPSA) is 84.5 Å². The number of fused-ring (bicyclic) bond motifs is 1. The van der Waals surface area contributed by atoms with Crippen molar-refractivity contribution >= 4 is 15.9 Å². The summed E-state index contributed by atoms with van der Waals surface area (Å²) in [6, 6.07) is 21.1. The summed E-state index contributed by atoms with van der Waals surface area (Å²) in [6.45, 7) is 1.78. The standard InChI is InChI=1S/C27H30N2O4S/c1-19-17-22(15-16-26(19)33-2)34(31,32)29-25(18-20-9-4-3-5-10-20)27(30)28-24-14-8-12-21-11-6-7-13-23(21)24/h3-7,9-11,13,15-17,24-25,29H,8,12,14,18H2,1-2H3,(H,28,30)/t24-,25-/m1/s1. The molecule has 1 amide bonds. The Morgan fingerprint density at radius 1 is 1.06 bits per heavy atom. The smallest absolute Gasteiger partial charge is 0.241 e. The summed E-state index contributed by atoms with van der Waals surface area (Å²) in [6.07, 6.45) is 3.03. The molecule has 0 bridgehead atoms. The Kier molecular flexibility index (Phi) is 7.34. The van der Waals surface area contributed by atoms with E-state index in [4.69, 9.17) is 4.74 Å².